The van der Waals surface area contributed by atoms with Gasteiger partial charge in [0.25, 0.3) is 0 Å². The number of hydrogen-bond donors (Lipinski definition) is 1. The van der Waals surface area contributed by atoms with E-state index in [1.54, 1.807) is 25.1 Å². The third-order valence-corrected chi connectivity index (χ3v) is 4.73. The first-order chi connectivity index (χ1) is 9.05. The Labute approximate surface area is 119 Å². The Balaban J connectivity index is 2.77. The molecule has 0 aliphatic carbocycles. The first-order valence-electron chi connectivity index (χ1n) is 6.35. The van der Waals surface area contributed by atoms with E-state index in [0.29, 0.717) is 6.54 Å². The Bertz CT molecular complexity index is 556. The molecular weight excluding hydrogens is 284 g/mol. The summed E-state index contributed by atoms with van der Waals surface area (Å²) in [5.41, 5.74) is -0.390. The molecule has 114 valence electrons. The quantitative estimate of drug-likeness (QED) is 0.879. The summed E-state index contributed by atoms with van der Waals surface area (Å²) in [6.45, 7) is 5.05. The van der Waals surface area contributed by atoms with Crippen LogP contribution in [0.3, 0.4) is 0 Å². The summed E-state index contributed by atoms with van der Waals surface area (Å²) < 4.78 is 48.7. The molecule has 0 saturated carbocycles. The molecule has 0 aromatic heterocycles. The van der Waals surface area contributed by atoms with Crippen LogP contribution in [0.1, 0.15) is 26.3 Å². The van der Waals surface area contributed by atoms with Crippen LogP contribution in [0.25, 0.3) is 0 Å². The summed E-state index contributed by atoms with van der Waals surface area (Å²) in [4.78, 5) is 0.234. The lowest BCUT2D eigenvalue weighted by Crippen LogP contribution is -2.43. The zero-order valence-corrected chi connectivity index (χ0v) is 13.0. The smallest absolute Gasteiger partial charge is 0.245 e. The van der Waals surface area contributed by atoms with E-state index >= 15 is 0 Å². The molecule has 1 atom stereocenters. The summed E-state index contributed by atoms with van der Waals surface area (Å²) in [5, 5.41) is 3.02. The van der Waals surface area contributed by atoms with Crippen LogP contribution < -0.4 is 5.32 Å². The van der Waals surface area contributed by atoms with E-state index < -0.39 is 27.7 Å². The van der Waals surface area contributed by atoms with Crippen LogP contribution in [-0.4, -0.2) is 27.1 Å². The van der Waals surface area contributed by atoms with Crippen molar-refractivity contribution in [3.05, 3.63) is 29.8 Å². The van der Waals surface area contributed by atoms with E-state index in [9.17, 15) is 17.2 Å². The van der Waals surface area contributed by atoms with E-state index in [1.165, 1.54) is 19.9 Å². The standard InChI is InChI=1S/C14H21F2NO2S/c1-10(14(2,3)13(15)16)17-9-11-6-5-7-12(8-11)20(4,18)19/h5-8,10,13,17H,9H2,1-4H3. The summed E-state index contributed by atoms with van der Waals surface area (Å²) in [6, 6.07) is 6.10. The topological polar surface area (TPSA) is 46.2 Å². The summed E-state index contributed by atoms with van der Waals surface area (Å²) >= 11 is 0. The largest absolute Gasteiger partial charge is 0.309 e. The average Bonchev–Trinajstić information content (AvgIpc) is 2.35. The fourth-order valence-corrected chi connectivity index (χ4v) is 2.30. The van der Waals surface area contributed by atoms with Crippen molar-refractivity contribution < 1.29 is 17.2 Å². The first-order valence-corrected chi connectivity index (χ1v) is 8.25. The van der Waals surface area contributed by atoms with E-state index in [2.05, 4.69) is 5.32 Å². The molecule has 1 rings (SSSR count). The molecule has 20 heavy (non-hydrogen) atoms. The molecule has 1 unspecified atom stereocenters. The van der Waals surface area contributed by atoms with Crippen molar-refractivity contribution in [2.45, 2.75) is 44.7 Å². The summed E-state index contributed by atoms with van der Waals surface area (Å²) in [5.74, 6) is 0. The second-order valence-electron chi connectivity index (χ2n) is 5.64. The predicted molar refractivity (Wildman–Crippen MR) is 75.6 cm³/mol. The highest BCUT2D eigenvalue weighted by atomic mass is 32.2. The number of sulfone groups is 1. The number of alkyl halides is 2. The third kappa shape index (κ3) is 4.24. The van der Waals surface area contributed by atoms with Gasteiger partial charge in [0.05, 0.1) is 4.90 Å². The van der Waals surface area contributed by atoms with E-state index in [4.69, 9.17) is 0 Å². The van der Waals surface area contributed by atoms with Gasteiger partial charge in [0.2, 0.25) is 6.43 Å². The Hall–Kier alpha value is -1.01. The molecule has 1 aromatic rings. The zero-order chi connectivity index (χ0) is 15.6. The molecule has 0 spiro atoms. The maximum absolute atomic E-state index is 12.9. The number of nitrogens with one attached hydrogen (secondary N) is 1. The van der Waals surface area contributed by atoms with Crippen molar-refractivity contribution in [2.75, 3.05) is 6.26 Å². The Morgan fingerprint density at radius 1 is 1.30 bits per heavy atom. The van der Waals surface area contributed by atoms with Crippen LogP contribution in [0.4, 0.5) is 8.78 Å². The molecule has 1 N–H and O–H groups in total. The lowest BCUT2D eigenvalue weighted by atomic mass is 9.86. The van der Waals surface area contributed by atoms with Gasteiger partial charge in [-0.2, -0.15) is 0 Å². The summed E-state index contributed by atoms with van der Waals surface area (Å²) in [7, 11) is -3.25. The van der Waals surface area contributed by atoms with Crippen LogP contribution in [-0.2, 0) is 16.4 Å². The molecule has 0 saturated heterocycles. The fourth-order valence-electron chi connectivity index (χ4n) is 1.61. The van der Waals surface area contributed by atoms with Gasteiger partial charge in [0.1, 0.15) is 0 Å². The lowest BCUT2D eigenvalue weighted by Gasteiger charge is -2.31. The van der Waals surface area contributed by atoms with Crippen LogP contribution >= 0.6 is 0 Å². The average molecular weight is 305 g/mol. The van der Waals surface area contributed by atoms with Gasteiger partial charge in [-0.05, 0) is 24.6 Å². The SMILES string of the molecule is CC(NCc1cccc(S(C)(=O)=O)c1)C(C)(C)C(F)F. The predicted octanol–water partition coefficient (Wildman–Crippen LogP) is 2.86. The maximum Gasteiger partial charge on any atom is 0.245 e. The molecule has 0 heterocycles. The second kappa shape index (κ2) is 6.18. The normalized spacial score (nSPS) is 14.6. The molecule has 0 radical (unpaired) electrons. The molecule has 1 aromatic carbocycles. The minimum atomic E-state index is -3.25. The van der Waals surface area contributed by atoms with Gasteiger partial charge >= 0.3 is 0 Å². The zero-order valence-electron chi connectivity index (χ0n) is 12.2. The molecule has 0 aliphatic heterocycles. The van der Waals surface area contributed by atoms with Crippen molar-refractivity contribution in [2.24, 2.45) is 5.41 Å². The summed E-state index contributed by atoms with van der Waals surface area (Å²) in [6.07, 6.45) is -1.28. The molecule has 0 aliphatic rings. The van der Waals surface area contributed by atoms with Crippen molar-refractivity contribution in [3.8, 4) is 0 Å². The van der Waals surface area contributed by atoms with Crippen molar-refractivity contribution in [1.82, 2.24) is 5.32 Å². The van der Waals surface area contributed by atoms with Crippen LogP contribution in [0.15, 0.2) is 29.2 Å². The van der Waals surface area contributed by atoms with Gasteiger partial charge in [-0.25, -0.2) is 17.2 Å². The lowest BCUT2D eigenvalue weighted by molar-refractivity contribution is -0.00260. The van der Waals surface area contributed by atoms with Crippen LogP contribution in [0.2, 0.25) is 0 Å². The fraction of sp³-hybridized carbons (Fsp3) is 0.571. The molecule has 0 fully saturated rings. The van der Waals surface area contributed by atoms with E-state index in [0.717, 1.165) is 11.8 Å². The van der Waals surface area contributed by atoms with Crippen LogP contribution in [0, 0.1) is 5.41 Å². The number of benzene rings is 1. The molecule has 0 bridgehead atoms. The Morgan fingerprint density at radius 3 is 2.40 bits per heavy atom. The highest BCUT2D eigenvalue weighted by molar-refractivity contribution is 7.90. The van der Waals surface area contributed by atoms with Gasteiger partial charge in [-0.3, -0.25) is 0 Å². The molecule has 6 heteroatoms. The monoisotopic (exact) mass is 305 g/mol. The second-order valence-corrected chi connectivity index (χ2v) is 7.66. The number of halogens is 2. The Morgan fingerprint density at radius 2 is 1.90 bits per heavy atom. The van der Waals surface area contributed by atoms with Crippen LogP contribution in [0.5, 0.6) is 0 Å². The minimum absolute atomic E-state index is 0.234. The van der Waals surface area contributed by atoms with Gasteiger partial charge in [0.15, 0.2) is 9.84 Å². The van der Waals surface area contributed by atoms with Gasteiger partial charge in [0, 0.05) is 24.3 Å². The number of rotatable bonds is 6. The molecular formula is C14H21F2NO2S. The first kappa shape index (κ1) is 17.0. The highest BCUT2D eigenvalue weighted by Gasteiger charge is 2.35. The molecule has 3 nitrogen and oxygen atoms in total. The number of hydrogen-bond acceptors (Lipinski definition) is 3. The van der Waals surface area contributed by atoms with Crippen molar-refractivity contribution in [3.63, 3.8) is 0 Å². The molecule has 0 amide bonds. The highest BCUT2D eigenvalue weighted by Crippen LogP contribution is 2.29. The van der Waals surface area contributed by atoms with Gasteiger partial charge in [-0.15, -0.1) is 0 Å². The van der Waals surface area contributed by atoms with E-state index in [-0.39, 0.29) is 4.90 Å². The van der Waals surface area contributed by atoms with Crippen molar-refractivity contribution >= 4 is 9.84 Å². The van der Waals surface area contributed by atoms with Gasteiger partial charge in [-0.1, -0.05) is 26.0 Å². The Kier molecular flexibility index (Phi) is 5.27. The maximum atomic E-state index is 12.9. The third-order valence-electron chi connectivity index (χ3n) is 3.62. The van der Waals surface area contributed by atoms with Crippen molar-refractivity contribution in [1.29, 1.82) is 0 Å². The van der Waals surface area contributed by atoms with E-state index in [1.807, 2.05) is 0 Å². The van der Waals surface area contributed by atoms with Gasteiger partial charge < -0.3 is 5.32 Å². The minimum Gasteiger partial charge on any atom is -0.309 e.